The third-order valence-electron chi connectivity index (χ3n) is 7.13. The molecule has 7 heteroatoms. The van der Waals surface area contributed by atoms with E-state index in [1.165, 1.54) is 50.6 Å². The summed E-state index contributed by atoms with van der Waals surface area (Å²) < 4.78 is 15.8. The second-order valence-electron chi connectivity index (χ2n) is 10.2. The van der Waals surface area contributed by atoms with Crippen LogP contribution in [-0.2, 0) is 14.3 Å². The lowest BCUT2D eigenvalue weighted by Crippen LogP contribution is -2.47. The van der Waals surface area contributed by atoms with Gasteiger partial charge in [0.15, 0.2) is 0 Å². The van der Waals surface area contributed by atoms with Gasteiger partial charge in [0.2, 0.25) is 0 Å². The zero-order valence-corrected chi connectivity index (χ0v) is 26.1. The maximum absolute atomic E-state index is 10.9. The molecule has 1 aromatic carbocycles. The number of methoxy groups -OCH3 is 3. The molecule has 228 valence electrons. The van der Waals surface area contributed by atoms with E-state index in [1.807, 2.05) is 38.1 Å². The highest BCUT2D eigenvalue weighted by Crippen LogP contribution is 2.28. The first-order valence-corrected chi connectivity index (χ1v) is 15.3. The molecule has 0 spiro atoms. The third kappa shape index (κ3) is 14.2. The van der Waals surface area contributed by atoms with Gasteiger partial charge >= 0.3 is 5.97 Å². The number of ether oxygens (including phenoxy) is 3. The molecular weight excluding hydrogens is 504 g/mol. The van der Waals surface area contributed by atoms with E-state index in [4.69, 9.17) is 19.3 Å². The van der Waals surface area contributed by atoms with Gasteiger partial charge in [0.1, 0.15) is 11.5 Å². The minimum Gasteiger partial charge on any atom is -0.501 e. The second kappa shape index (κ2) is 22.2. The molecule has 3 rings (SSSR count). The van der Waals surface area contributed by atoms with E-state index in [-0.39, 0.29) is 12.3 Å². The first-order chi connectivity index (χ1) is 19.5. The summed E-state index contributed by atoms with van der Waals surface area (Å²) in [5.74, 6) is 1.21. The lowest BCUT2D eigenvalue weighted by atomic mass is 9.92. The number of unbranched alkanes of at least 4 members (excludes halogenated alkanes) is 6. The molecule has 1 aromatic rings. The van der Waals surface area contributed by atoms with E-state index >= 15 is 0 Å². The molecule has 0 bridgehead atoms. The van der Waals surface area contributed by atoms with Crippen molar-refractivity contribution in [2.45, 2.75) is 85.0 Å². The van der Waals surface area contributed by atoms with Crippen molar-refractivity contribution in [3.8, 4) is 5.75 Å². The van der Waals surface area contributed by atoms with Crippen LogP contribution in [0.3, 0.4) is 0 Å². The number of benzene rings is 1. The van der Waals surface area contributed by atoms with E-state index in [0.717, 1.165) is 62.8 Å². The van der Waals surface area contributed by atoms with E-state index < -0.39 is 5.97 Å². The predicted octanol–water partition coefficient (Wildman–Crippen LogP) is 7.53. The molecule has 1 aliphatic carbocycles. The quantitative estimate of drug-likeness (QED) is 0.222. The van der Waals surface area contributed by atoms with Crippen molar-refractivity contribution in [2.24, 2.45) is 5.92 Å². The number of hydrogen-bond donors (Lipinski definition) is 1. The highest BCUT2D eigenvalue weighted by atomic mass is 16.5. The van der Waals surface area contributed by atoms with Crippen molar-refractivity contribution >= 4 is 11.7 Å². The van der Waals surface area contributed by atoms with Crippen molar-refractivity contribution in [1.82, 2.24) is 4.90 Å². The Balaban J connectivity index is 0.000000520. The molecule has 0 aromatic heterocycles. The Morgan fingerprint density at radius 3 is 2.23 bits per heavy atom. The van der Waals surface area contributed by atoms with Crippen LogP contribution >= 0.6 is 0 Å². The number of carboxylic acid groups (broad SMARTS) is 1. The Bertz CT molecular complexity index is 845. The van der Waals surface area contributed by atoms with Gasteiger partial charge in [-0.2, -0.15) is 0 Å². The predicted molar refractivity (Wildman–Crippen MR) is 166 cm³/mol. The van der Waals surface area contributed by atoms with Crippen LogP contribution in [-0.4, -0.2) is 70.2 Å². The Morgan fingerprint density at radius 1 is 0.950 bits per heavy atom. The van der Waals surface area contributed by atoms with Gasteiger partial charge < -0.3 is 24.2 Å². The van der Waals surface area contributed by atoms with Gasteiger partial charge in [0.25, 0.3) is 0 Å². The molecule has 1 aliphatic heterocycles. The van der Waals surface area contributed by atoms with E-state index in [1.54, 1.807) is 21.3 Å². The minimum absolute atomic E-state index is 0.0501. The third-order valence-corrected chi connectivity index (χ3v) is 7.13. The molecule has 1 N–H and O–H groups in total. The summed E-state index contributed by atoms with van der Waals surface area (Å²) in [7, 11) is 5.12. The van der Waals surface area contributed by atoms with Crippen LogP contribution in [0.1, 0.15) is 85.0 Å². The van der Waals surface area contributed by atoms with Crippen LogP contribution in [0.4, 0.5) is 5.69 Å². The molecule has 2 aliphatic rings. The average Bonchev–Trinajstić information content (AvgIpc) is 2.99. The number of nitrogens with zero attached hydrogens (tertiary/aromatic N) is 2. The molecule has 1 fully saturated rings. The van der Waals surface area contributed by atoms with E-state index in [0.29, 0.717) is 0 Å². The second-order valence-corrected chi connectivity index (χ2v) is 10.2. The average molecular weight is 561 g/mol. The fourth-order valence-corrected chi connectivity index (χ4v) is 4.99. The Labute approximate surface area is 244 Å². The van der Waals surface area contributed by atoms with Crippen LogP contribution in [0.25, 0.3) is 0 Å². The molecule has 0 unspecified atom stereocenters. The minimum atomic E-state index is -0.808. The van der Waals surface area contributed by atoms with Crippen LogP contribution < -0.4 is 9.64 Å². The number of aliphatic carboxylic acids is 1. The highest BCUT2D eigenvalue weighted by Gasteiger charge is 2.25. The number of anilines is 1. The molecule has 1 atom stereocenters. The Kier molecular flexibility index (Phi) is 19.7. The van der Waals surface area contributed by atoms with Gasteiger partial charge in [-0.3, -0.25) is 9.69 Å². The van der Waals surface area contributed by atoms with E-state index in [2.05, 4.69) is 28.9 Å². The molecule has 0 radical (unpaired) electrons. The maximum Gasteiger partial charge on any atom is 0.307 e. The number of carboxylic acids is 1. The van der Waals surface area contributed by atoms with Crippen molar-refractivity contribution in [3.63, 3.8) is 0 Å². The largest absolute Gasteiger partial charge is 0.501 e. The summed E-state index contributed by atoms with van der Waals surface area (Å²) >= 11 is 0. The molecule has 0 amide bonds. The molecule has 40 heavy (non-hydrogen) atoms. The highest BCUT2D eigenvalue weighted by molar-refractivity contribution is 5.71. The summed E-state index contributed by atoms with van der Waals surface area (Å²) in [6.07, 6.45) is 15.5. The smallest absolute Gasteiger partial charge is 0.307 e. The summed E-state index contributed by atoms with van der Waals surface area (Å²) in [6, 6.07) is 8.20. The monoisotopic (exact) mass is 560 g/mol. The van der Waals surface area contributed by atoms with Gasteiger partial charge in [-0.15, -0.1) is 0 Å². The van der Waals surface area contributed by atoms with Crippen molar-refractivity contribution in [3.05, 3.63) is 47.7 Å². The molecule has 7 nitrogen and oxygen atoms in total. The standard InChI is InChI=1S/C21H28N2O4.C10H22O.C2H6/c1-26-19-8-6-18(7-9-19)23-11-3-10-22(15-23)14-17-5-4-16(13-21(24)25)12-20(17)27-2;1-3-4-5-6-7-8-9-10-11-2;1-2/h4,6-9,12,17H,3,5,10-11,13-15H2,1-2H3,(H,24,25);3-10H2,1-2H3;1-2H3/t17-;;/m1../s1. The summed E-state index contributed by atoms with van der Waals surface area (Å²) in [5, 5.41) is 8.99. The first kappa shape index (κ1) is 35.5. The Hall–Kier alpha value is -2.51. The fraction of sp³-hybridized carbons (Fsp3) is 0.667. The van der Waals surface area contributed by atoms with Gasteiger partial charge in [0.05, 0.1) is 27.3 Å². The number of hydrogen-bond acceptors (Lipinski definition) is 6. The number of allylic oxidation sites excluding steroid dienone is 2. The summed E-state index contributed by atoms with van der Waals surface area (Å²) in [6.45, 7) is 11.1. The Morgan fingerprint density at radius 2 is 1.62 bits per heavy atom. The molecule has 0 saturated carbocycles. The lowest BCUT2D eigenvalue weighted by molar-refractivity contribution is -0.136. The number of carbonyl (C=O) groups is 1. The first-order valence-electron chi connectivity index (χ1n) is 15.3. The lowest BCUT2D eigenvalue weighted by Gasteiger charge is -2.39. The van der Waals surface area contributed by atoms with Crippen molar-refractivity contribution < 1.29 is 24.1 Å². The van der Waals surface area contributed by atoms with Crippen molar-refractivity contribution in [2.75, 3.05) is 59.1 Å². The van der Waals surface area contributed by atoms with Crippen LogP contribution in [0.5, 0.6) is 5.75 Å². The SMILES string of the molecule is CC.CCCCCCCCCOC.COC1=CC(CC(=O)O)=CC[C@@H]1CN1CCCN(c2ccc(OC)cc2)C1. The molecule has 1 saturated heterocycles. The summed E-state index contributed by atoms with van der Waals surface area (Å²) in [4.78, 5) is 15.8. The van der Waals surface area contributed by atoms with Gasteiger partial charge in [-0.05, 0) is 55.2 Å². The normalized spacial score (nSPS) is 16.9. The van der Waals surface area contributed by atoms with E-state index in [9.17, 15) is 4.79 Å². The van der Waals surface area contributed by atoms with Gasteiger partial charge in [-0.1, -0.05) is 65.4 Å². The molecular formula is C33H56N2O5. The number of rotatable bonds is 15. The van der Waals surface area contributed by atoms with Crippen LogP contribution in [0.2, 0.25) is 0 Å². The van der Waals surface area contributed by atoms with Gasteiger partial charge in [0, 0.05) is 45.0 Å². The maximum atomic E-state index is 10.9. The fourth-order valence-electron chi connectivity index (χ4n) is 4.99. The zero-order valence-electron chi connectivity index (χ0n) is 26.1. The van der Waals surface area contributed by atoms with Gasteiger partial charge in [-0.25, -0.2) is 0 Å². The topological polar surface area (TPSA) is 71.5 Å². The van der Waals surface area contributed by atoms with Crippen LogP contribution in [0.15, 0.2) is 47.7 Å². The molecule has 1 heterocycles. The summed E-state index contributed by atoms with van der Waals surface area (Å²) in [5.41, 5.74) is 2.03. The van der Waals surface area contributed by atoms with Crippen molar-refractivity contribution in [1.29, 1.82) is 0 Å². The zero-order chi connectivity index (χ0) is 29.6. The van der Waals surface area contributed by atoms with Crippen LogP contribution in [0, 0.1) is 5.92 Å².